The Kier molecular flexibility index (Phi) is 7.21. The number of anilines is 1. The summed E-state index contributed by atoms with van der Waals surface area (Å²) in [5, 5.41) is 12.7. The quantitative estimate of drug-likeness (QED) is 0.549. The second-order valence-corrected chi connectivity index (χ2v) is 11.7. The van der Waals surface area contributed by atoms with Gasteiger partial charge >= 0.3 is 0 Å². The molecule has 2 heterocycles. The monoisotopic (exact) mass is 498 g/mol. The van der Waals surface area contributed by atoms with Gasteiger partial charge in [-0.2, -0.15) is 0 Å². The highest BCUT2D eigenvalue weighted by atomic mass is 32.2. The molecule has 1 saturated heterocycles. The Hall–Kier alpha value is -2.55. The molecule has 4 rings (SSSR count). The summed E-state index contributed by atoms with van der Waals surface area (Å²) in [6, 6.07) is 11.8. The van der Waals surface area contributed by atoms with Gasteiger partial charge in [0.25, 0.3) is 15.9 Å². The molecule has 1 fully saturated rings. The van der Waals surface area contributed by atoms with E-state index in [1.165, 1.54) is 11.8 Å². The fourth-order valence-electron chi connectivity index (χ4n) is 4.51. The lowest BCUT2D eigenvalue weighted by Gasteiger charge is -2.38. The Labute approximate surface area is 205 Å². The van der Waals surface area contributed by atoms with Crippen LogP contribution >= 0.6 is 11.8 Å². The van der Waals surface area contributed by atoms with E-state index in [1.54, 1.807) is 41.3 Å². The molecule has 0 aromatic heterocycles. The molecule has 0 bridgehead atoms. The van der Waals surface area contributed by atoms with Crippen LogP contribution < -0.4 is 4.72 Å². The van der Waals surface area contributed by atoms with E-state index < -0.39 is 15.6 Å². The number of rotatable bonds is 6. The molecule has 0 spiro atoms. The molecule has 2 aliphatic heterocycles. The highest BCUT2D eigenvalue weighted by molar-refractivity contribution is 8.02. The zero-order chi connectivity index (χ0) is 24.3. The second-order valence-electron chi connectivity index (χ2n) is 9.09. The number of likely N-dealkylation sites (tertiary alicyclic amines) is 1. The number of allylic oxidation sites excluding steroid dienone is 1. The van der Waals surface area contributed by atoms with Crippen molar-refractivity contribution in [3.05, 3.63) is 77.2 Å². The van der Waals surface area contributed by atoms with Gasteiger partial charge in [-0.15, -0.1) is 6.58 Å². The number of carbonyl (C=O) groups is 1. The first kappa shape index (κ1) is 24.6. The molecular formula is C26H30N2O4S2. The molecule has 0 saturated carbocycles. The van der Waals surface area contributed by atoms with Gasteiger partial charge in [-0.1, -0.05) is 29.5 Å². The number of aliphatic hydroxyl groups is 1. The van der Waals surface area contributed by atoms with Gasteiger partial charge in [0.05, 0.1) is 10.5 Å². The Morgan fingerprint density at radius 1 is 1.18 bits per heavy atom. The summed E-state index contributed by atoms with van der Waals surface area (Å²) >= 11 is 1.53. The van der Waals surface area contributed by atoms with Gasteiger partial charge in [0.1, 0.15) is 0 Å². The van der Waals surface area contributed by atoms with E-state index in [1.807, 2.05) is 24.5 Å². The maximum atomic E-state index is 13.1. The van der Waals surface area contributed by atoms with Crippen molar-refractivity contribution in [1.82, 2.24) is 4.90 Å². The third kappa shape index (κ3) is 5.56. The summed E-state index contributed by atoms with van der Waals surface area (Å²) in [6.07, 6.45) is 5.08. The summed E-state index contributed by atoms with van der Waals surface area (Å²) in [7, 11) is -3.77. The van der Waals surface area contributed by atoms with Gasteiger partial charge in [0.2, 0.25) is 0 Å². The van der Waals surface area contributed by atoms with Crippen molar-refractivity contribution in [2.45, 2.75) is 54.4 Å². The fourth-order valence-corrected chi connectivity index (χ4v) is 6.81. The predicted octanol–water partition coefficient (Wildman–Crippen LogP) is 4.97. The predicted molar refractivity (Wildman–Crippen MR) is 137 cm³/mol. The van der Waals surface area contributed by atoms with E-state index in [2.05, 4.69) is 11.3 Å². The first-order valence-corrected chi connectivity index (χ1v) is 13.8. The molecule has 2 aliphatic rings. The van der Waals surface area contributed by atoms with E-state index in [9.17, 15) is 18.3 Å². The second kappa shape index (κ2) is 9.98. The lowest BCUT2D eigenvalue weighted by atomic mass is 9.86. The van der Waals surface area contributed by atoms with Crippen LogP contribution in [0.25, 0.3) is 0 Å². The SMILES string of the molecule is C=C(C)CC1(O)CCN(C(=O)c2ccc(NS(=O)(=O)c3cccc4c3CCC=CS4)cc2)CC1. The van der Waals surface area contributed by atoms with Crippen LogP contribution in [-0.4, -0.2) is 43.0 Å². The summed E-state index contributed by atoms with van der Waals surface area (Å²) in [5.74, 6) is -0.121. The van der Waals surface area contributed by atoms with Gasteiger partial charge in [0, 0.05) is 29.2 Å². The molecule has 2 aromatic carbocycles. The lowest BCUT2D eigenvalue weighted by molar-refractivity contribution is -0.0160. The van der Waals surface area contributed by atoms with Crippen LogP contribution in [0.4, 0.5) is 5.69 Å². The van der Waals surface area contributed by atoms with Crippen molar-refractivity contribution in [1.29, 1.82) is 0 Å². The number of fused-ring (bicyclic) bond motifs is 1. The minimum Gasteiger partial charge on any atom is -0.389 e. The number of hydrogen-bond acceptors (Lipinski definition) is 5. The first-order chi connectivity index (χ1) is 16.2. The van der Waals surface area contributed by atoms with Crippen molar-refractivity contribution >= 4 is 33.4 Å². The van der Waals surface area contributed by atoms with E-state index in [-0.39, 0.29) is 10.8 Å². The standard InChI is InChI=1S/C26H30N2O4S2/c1-19(2)18-26(30)13-15-28(16-14-26)25(29)20-9-11-21(12-10-20)27-34(31,32)24-8-5-7-23-22(24)6-3-4-17-33-23/h4-5,7-12,17,27,30H,1,3,6,13-16,18H2,2H3. The number of hydrogen-bond donors (Lipinski definition) is 2. The highest BCUT2D eigenvalue weighted by Crippen LogP contribution is 2.33. The normalized spacial score (nSPS) is 17.5. The highest BCUT2D eigenvalue weighted by Gasteiger charge is 2.34. The maximum absolute atomic E-state index is 13.1. The fraction of sp³-hybridized carbons (Fsp3) is 0.346. The minimum atomic E-state index is -3.77. The topological polar surface area (TPSA) is 86.7 Å². The zero-order valence-electron chi connectivity index (χ0n) is 19.3. The van der Waals surface area contributed by atoms with Crippen molar-refractivity contribution in [2.75, 3.05) is 17.8 Å². The maximum Gasteiger partial charge on any atom is 0.262 e. The summed E-state index contributed by atoms with van der Waals surface area (Å²) < 4.78 is 28.9. The van der Waals surface area contributed by atoms with Crippen LogP contribution in [0, 0.1) is 0 Å². The van der Waals surface area contributed by atoms with Crippen LogP contribution in [0.3, 0.4) is 0 Å². The summed E-state index contributed by atoms with van der Waals surface area (Å²) in [4.78, 5) is 15.9. The lowest BCUT2D eigenvalue weighted by Crippen LogP contribution is -2.46. The summed E-state index contributed by atoms with van der Waals surface area (Å²) in [5.41, 5.74) is 1.86. The number of amides is 1. The van der Waals surface area contributed by atoms with Gasteiger partial charge in [-0.05, 0) is 86.4 Å². The van der Waals surface area contributed by atoms with Gasteiger partial charge in [-0.3, -0.25) is 9.52 Å². The molecule has 0 aliphatic carbocycles. The molecule has 2 aromatic rings. The molecule has 1 amide bonds. The van der Waals surface area contributed by atoms with Crippen LogP contribution in [0.1, 0.15) is 48.5 Å². The largest absolute Gasteiger partial charge is 0.389 e. The van der Waals surface area contributed by atoms with E-state index in [0.29, 0.717) is 50.0 Å². The van der Waals surface area contributed by atoms with Crippen molar-refractivity contribution in [3.63, 3.8) is 0 Å². The van der Waals surface area contributed by atoms with E-state index >= 15 is 0 Å². The van der Waals surface area contributed by atoms with Gasteiger partial charge in [-0.25, -0.2) is 8.42 Å². The Morgan fingerprint density at radius 3 is 2.56 bits per heavy atom. The zero-order valence-corrected chi connectivity index (χ0v) is 20.9. The van der Waals surface area contributed by atoms with Crippen LogP contribution in [0.5, 0.6) is 0 Å². The van der Waals surface area contributed by atoms with E-state index in [4.69, 9.17) is 0 Å². The molecule has 34 heavy (non-hydrogen) atoms. The minimum absolute atomic E-state index is 0.121. The van der Waals surface area contributed by atoms with Crippen LogP contribution in [-0.2, 0) is 16.4 Å². The number of carbonyl (C=O) groups excluding carboxylic acids is 1. The number of nitrogens with zero attached hydrogens (tertiary/aromatic N) is 1. The molecule has 0 unspecified atom stereocenters. The summed E-state index contributed by atoms with van der Waals surface area (Å²) in [6.45, 7) is 6.73. The third-order valence-corrected chi connectivity index (χ3v) is 8.66. The number of nitrogens with one attached hydrogen (secondary N) is 1. The average molecular weight is 499 g/mol. The Morgan fingerprint density at radius 2 is 1.88 bits per heavy atom. The molecule has 8 heteroatoms. The van der Waals surface area contributed by atoms with E-state index in [0.717, 1.165) is 22.5 Å². The Balaban J connectivity index is 1.44. The number of thioether (sulfide) groups is 1. The molecular weight excluding hydrogens is 468 g/mol. The Bertz CT molecular complexity index is 1210. The number of sulfonamides is 1. The van der Waals surface area contributed by atoms with Gasteiger partial charge in [0.15, 0.2) is 0 Å². The van der Waals surface area contributed by atoms with Crippen molar-refractivity contribution < 1.29 is 18.3 Å². The molecule has 6 nitrogen and oxygen atoms in total. The first-order valence-electron chi connectivity index (χ1n) is 11.4. The molecule has 2 N–H and O–H groups in total. The molecule has 180 valence electrons. The molecule has 0 atom stereocenters. The number of piperidine rings is 1. The third-order valence-electron chi connectivity index (χ3n) is 6.23. The number of benzene rings is 2. The average Bonchev–Trinajstić information content (AvgIpc) is 3.04. The van der Waals surface area contributed by atoms with Crippen molar-refractivity contribution in [3.8, 4) is 0 Å². The smallest absolute Gasteiger partial charge is 0.262 e. The van der Waals surface area contributed by atoms with Crippen LogP contribution in [0.2, 0.25) is 0 Å². The van der Waals surface area contributed by atoms with Crippen LogP contribution in [0.15, 0.2) is 75.9 Å². The van der Waals surface area contributed by atoms with Gasteiger partial charge < -0.3 is 10.0 Å². The van der Waals surface area contributed by atoms with Crippen molar-refractivity contribution in [2.24, 2.45) is 0 Å². The molecule has 0 radical (unpaired) electrons.